The third-order valence-electron chi connectivity index (χ3n) is 3.45. The van der Waals surface area contributed by atoms with Gasteiger partial charge in [-0.15, -0.1) is 6.58 Å². The van der Waals surface area contributed by atoms with E-state index < -0.39 is 10.0 Å². The Balaban J connectivity index is 2.47. The summed E-state index contributed by atoms with van der Waals surface area (Å²) >= 11 is 0. The van der Waals surface area contributed by atoms with Crippen LogP contribution in [0.3, 0.4) is 0 Å². The summed E-state index contributed by atoms with van der Waals surface area (Å²) in [5.41, 5.74) is 2.56. The molecule has 2 aromatic rings. The van der Waals surface area contributed by atoms with Crippen molar-refractivity contribution in [1.82, 2.24) is 4.31 Å². The molecule has 1 aromatic heterocycles. The van der Waals surface area contributed by atoms with Gasteiger partial charge in [-0.3, -0.25) is 0 Å². The molecule has 0 amide bonds. The molecule has 0 bridgehead atoms. The summed E-state index contributed by atoms with van der Waals surface area (Å²) in [6.45, 7) is 9.69. The molecular formula is C17H21NO3S. The first-order valence-corrected chi connectivity index (χ1v) is 8.51. The molecule has 22 heavy (non-hydrogen) atoms. The van der Waals surface area contributed by atoms with Gasteiger partial charge < -0.3 is 4.42 Å². The van der Waals surface area contributed by atoms with Gasteiger partial charge in [0.25, 0.3) is 0 Å². The predicted molar refractivity (Wildman–Crippen MR) is 87.2 cm³/mol. The maximum absolute atomic E-state index is 13.0. The lowest BCUT2D eigenvalue weighted by atomic mass is 10.1. The van der Waals surface area contributed by atoms with Gasteiger partial charge in [0.15, 0.2) is 0 Å². The molecule has 0 saturated carbocycles. The minimum atomic E-state index is -3.62. The average Bonchev–Trinajstić information content (AvgIpc) is 2.89. The Morgan fingerprint density at radius 1 is 1.23 bits per heavy atom. The maximum Gasteiger partial charge on any atom is 0.244 e. The Bertz CT molecular complexity index is 738. The Labute approximate surface area is 132 Å². The van der Waals surface area contributed by atoms with E-state index in [2.05, 4.69) is 6.58 Å². The minimum absolute atomic E-state index is 0.189. The number of rotatable bonds is 6. The van der Waals surface area contributed by atoms with E-state index >= 15 is 0 Å². The molecule has 2 rings (SSSR count). The highest BCUT2D eigenvalue weighted by molar-refractivity contribution is 7.89. The molecule has 0 radical (unpaired) electrons. The second-order valence-electron chi connectivity index (χ2n) is 5.39. The van der Waals surface area contributed by atoms with Crippen LogP contribution in [0, 0.1) is 20.8 Å². The van der Waals surface area contributed by atoms with Gasteiger partial charge in [-0.05, 0) is 44.0 Å². The van der Waals surface area contributed by atoms with Gasteiger partial charge in [-0.1, -0.05) is 23.8 Å². The Kier molecular flexibility index (Phi) is 4.88. The fourth-order valence-electron chi connectivity index (χ4n) is 2.67. The van der Waals surface area contributed by atoms with Crippen molar-refractivity contribution in [2.45, 2.75) is 32.2 Å². The van der Waals surface area contributed by atoms with Crippen LogP contribution in [0.5, 0.6) is 0 Å². The average molecular weight is 319 g/mol. The van der Waals surface area contributed by atoms with E-state index in [4.69, 9.17) is 4.42 Å². The van der Waals surface area contributed by atoms with E-state index in [-0.39, 0.29) is 13.1 Å². The lowest BCUT2D eigenvalue weighted by Crippen LogP contribution is -2.31. The van der Waals surface area contributed by atoms with Crippen molar-refractivity contribution in [3.05, 3.63) is 65.6 Å². The Morgan fingerprint density at radius 3 is 2.36 bits per heavy atom. The molecule has 1 aromatic carbocycles. The van der Waals surface area contributed by atoms with Gasteiger partial charge in [0.1, 0.15) is 5.76 Å². The van der Waals surface area contributed by atoms with Gasteiger partial charge in [0.05, 0.1) is 17.7 Å². The summed E-state index contributed by atoms with van der Waals surface area (Å²) in [6.07, 6.45) is 3.12. The van der Waals surface area contributed by atoms with Gasteiger partial charge in [0.2, 0.25) is 10.0 Å². The molecule has 0 aliphatic carbocycles. The van der Waals surface area contributed by atoms with Crippen LogP contribution in [0.2, 0.25) is 0 Å². The van der Waals surface area contributed by atoms with Crippen LogP contribution in [0.15, 0.2) is 52.5 Å². The highest BCUT2D eigenvalue weighted by Crippen LogP contribution is 2.26. The molecule has 0 fully saturated rings. The number of hydrogen-bond donors (Lipinski definition) is 0. The fraction of sp³-hybridized carbons (Fsp3) is 0.294. The molecule has 0 saturated heterocycles. The van der Waals surface area contributed by atoms with Crippen molar-refractivity contribution in [1.29, 1.82) is 0 Å². The van der Waals surface area contributed by atoms with E-state index in [0.717, 1.165) is 16.7 Å². The predicted octanol–water partition coefficient (Wildman–Crippen LogP) is 3.58. The van der Waals surface area contributed by atoms with Crippen molar-refractivity contribution < 1.29 is 12.8 Å². The van der Waals surface area contributed by atoms with Crippen LogP contribution in [0.1, 0.15) is 22.5 Å². The smallest absolute Gasteiger partial charge is 0.244 e. The molecule has 118 valence electrons. The monoisotopic (exact) mass is 319 g/mol. The Morgan fingerprint density at radius 2 is 1.86 bits per heavy atom. The van der Waals surface area contributed by atoms with Crippen LogP contribution >= 0.6 is 0 Å². The second kappa shape index (κ2) is 6.50. The third-order valence-corrected chi connectivity index (χ3v) is 5.57. The molecule has 0 spiro atoms. The van der Waals surface area contributed by atoms with E-state index in [0.29, 0.717) is 10.7 Å². The van der Waals surface area contributed by atoms with Crippen molar-refractivity contribution in [2.24, 2.45) is 0 Å². The largest absolute Gasteiger partial charge is 0.468 e. The van der Waals surface area contributed by atoms with E-state index in [1.807, 2.05) is 32.9 Å². The van der Waals surface area contributed by atoms with Crippen LogP contribution in [-0.2, 0) is 16.6 Å². The normalized spacial score (nSPS) is 11.8. The highest BCUT2D eigenvalue weighted by atomic mass is 32.2. The molecule has 5 heteroatoms. The van der Waals surface area contributed by atoms with Crippen molar-refractivity contribution in [3.63, 3.8) is 0 Å². The summed E-state index contributed by atoms with van der Waals surface area (Å²) in [7, 11) is -3.62. The van der Waals surface area contributed by atoms with Gasteiger partial charge in [-0.2, -0.15) is 4.31 Å². The highest BCUT2D eigenvalue weighted by Gasteiger charge is 2.27. The fourth-order valence-corrected chi connectivity index (χ4v) is 4.46. The van der Waals surface area contributed by atoms with Gasteiger partial charge in [-0.25, -0.2) is 8.42 Å². The van der Waals surface area contributed by atoms with E-state index in [9.17, 15) is 8.42 Å². The zero-order chi connectivity index (χ0) is 16.3. The topological polar surface area (TPSA) is 50.5 Å². The standard InChI is InChI=1S/C17H21NO3S/c1-5-8-18(12-16-7-6-9-21-16)22(19,20)17-14(3)10-13(2)11-15(17)4/h5-7,9-11H,1,8,12H2,2-4H3. The maximum atomic E-state index is 13.0. The zero-order valence-corrected chi connectivity index (χ0v) is 14.0. The van der Waals surface area contributed by atoms with E-state index in [1.165, 1.54) is 10.6 Å². The van der Waals surface area contributed by atoms with Crippen molar-refractivity contribution in [2.75, 3.05) is 6.54 Å². The number of benzene rings is 1. The quantitative estimate of drug-likeness (QED) is 0.765. The molecular weight excluding hydrogens is 298 g/mol. The number of hydrogen-bond acceptors (Lipinski definition) is 3. The number of furan rings is 1. The van der Waals surface area contributed by atoms with Crippen molar-refractivity contribution >= 4 is 10.0 Å². The minimum Gasteiger partial charge on any atom is -0.468 e. The van der Waals surface area contributed by atoms with Crippen LogP contribution < -0.4 is 0 Å². The van der Waals surface area contributed by atoms with Crippen molar-refractivity contribution in [3.8, 4) is 0 Å². The molecule has 0 atom stereocenters. The molecule has 0 aliphatic rings. The van der Waals surface area contributed by atoms with Crippen LogP contribution in [0.25, 0.3) is 0 Å². The lowest BCUT2D eigenvalue weighted by molar-refractivity contribution is 0.386. The number of sulfonamides is 1. The zero-order valence-electron chi connectivity index (χ0n) is 13.2. The van der Waals surface area contributed by atoms with Gasteiger partial charge >= 0.3 is 0 Å². The molecule has 0 aliphatic heterocycles. The van der Waals surface area contributed by atoms with Crippen LogP contribution in [0.4, 0.5) is 0 Å². The first kappa shape index (κ1) is 16.5. The first-order chi connectivity index (χ1) is 10.4. The lowest BCUT2D eigenvalue weighted by Gasteiger charge is -2.22. The molecule has 1 heterocycles. The summed E-state index contributed by atoms with van der Waals surface area (Å²) in [4.78, 5) is 0.367. The van der Waals surface area contributed by atoms with Gasteiger partial charge in [0, 0.05) is 6.54 Å². The molecule has 0 N–H and O–H groups in total. The SMILES string of the molecule is C=CCN(Cc1ccco1)S(=O)(=O)c1c(C)cc(C)cc1C. The third kappa shape index (κ3) is 3.31. The summed E-state index contributed by atoms with van der Waals surface area (Å²) in [5, 5.41) is 0. The number of aryl methyl sites for hydroxylation is 3. The summed E-state index contributed by atoms with van der Waals surface area (Å²) < 4.78 is 32.7. The summed E-state index contributed by atoms with van der Waals surface area (Å²) in [6, 6.07) is 7.29. The Hall–Kier alpha value is -1.85. The summed E-state index contributed by atoms with van der Waals surface area (Å²) in [5.74, 6) is 0.604. The molecule has 4 nitrogen and oxygen atoms in total. The first-order valence-electron chi connectivity index (χ1n) is 7.07. The molecule has 0 unspecified atom stereocenters. The van der Waals surface area contributed by atoms with Crippen LogP contribution in [-0.4, -0.2) is 19.3 Å². The van der Waals surface area contributed by atoms with E-state index in [1.54, 1.807) is 18.2 Å². The second-order valence-corrected chi connectivity index (χ2v) is 7.27. The number of nitrogens with zero attached hydrogens (tertiary/aromatic N) is 1.